The van der Waals surface area contributed by atoms with Crippen molar-refractivity contribution in [2.75, 3.05) is 6.54 Å². The van der Waals surface area contributed by atoms with Gasteiger partial charge in [0.2, 0.25) is 5.76 Å². The lowest BCUT2D eigenvalue weighted by molar-refractivity contribution is -0.141. The van der Waals surface area contributed by atoms with Gasteiger partial charge in [-0.05, 0) is 6.42 Å². The van der Waals surface area contributed by atoms with Gasteiger partial charge in [0.25, 0.3) is 11.5 Å². The lowest BCUT2D eigenvalue weighted by Crippen LogP contribution is -2.26. The molecule has 88 valence electrons. The van der Waals surface area contributed by atoms with Gasteiger partial charge in [-0.25, -0.2) is 0 Å². The number of aliphatic carboxylic acids is 1. The molecule has 0 saturated carbocycles. The molecule has 1 aromatic heterocycles. The van der Waals surface area contributed by atoms with E-state index >= 15 is 0 Å². The molecular formula is C9H12N2O5. The zero-order valence-electron chi connectivity index (χ0n) is 8.65. The van der Waals surface area contributed by atoms with Crippen molar-refractivity contribution in [3.8, 4) is 0 Å². The quantitative estimate of drug-likeness (QED) is 0.646. The molecule has 7 nitrogen and oxygen atoms in total. The Labute approximate surface area is 90.4 Å². The fourth-order valence-corrected chi connectivity index (χ4v) is 1.01. The topological polar surface area (TPSA) is 112 Å². The van der Waals surface area contributed by atoms with Crippen molar-refractivity contribution in [3.05, 3.63) is 22.2 Å². The summed E-state index contributed by atoms with van der Waals surface area (Å²) in [4.78, 5) is 32.4. The molecule has 0 spiro atoms. The lowest BCUT2D eigenvalue weighted by Gasteiger charge is -2.05. The predicted octanol–water partition coefficient (Wildman–Crippen LogP) is -0.192. The highest BCUT2D eigenvalue weighted by Crippen LogP contribution is 2.00. The molecule has 1 aromatic rings. The standard InChI is InChI=1S/C9H12N2O5/c1-5(9(14)15)2-3-10-8(13)6-4-7(12)11-16-6/h4-5H,2-3H2,1H3,(H,10,13)(H,11,12)(H,14,15)/t5-/m0/s1. The first-order valence-corrected chi connectivity index (χ1v) is 4.70. The number of amides is 1. The van der Waals surface area contributed by atoms with Crippen LogP contribution in [-0.2, 0) is 4.79 Å². The van der Waals surface area contributed by atoms with Gasteiger partial charge in [-0.2, -0.15) is 5.16 Å². The molecule has 0 aliphatic heterocycles. The van der Waals surface area contributed by atoms with Crippen molar-refractivity contribution in [1.29, 1.82) is 0 Å². The second-order valence-electron chi connectivity index (χ2n) is 3.36. The number of carboxylic acids is 1. The van der Waals surface area contributed by atoms with Gasteiger partial charge in [-0.1, -0.05) is 6.92 Å². The van der Waals surface area contributed by atoms with Crippen LogP contribution in [0.1, 0.15) is 23.9 Å². The Morgan fingerprint density at radius 3 is 2.81 bits per heavy atom. The molecule has 1 heterocycles. The van der Waals surface area contributed by atoms with Gasteiger partial charge in [0.15, 0.2) is 0 Å². The third kappa shape index (κ3) is 3.26. The zero-order chi connectivity index (χ0) is 12.1. The van der Waals surface area contributed by atoms with E-state index in [1.165, 1.54) is 0 Å². The highest BCUT2D eigenvalue weighted by molar-refractivity contribution is 5.91. The van der Waals surface area contributed by atoms with Crippen LogP contribution in [0.2, 0.25) is 0 Å². The second kappa shape index (κ2) is 5.15. The van der Waals surface area contributed by atoms with E-state index in [9.17, 15) is 14.4 Å². The molecule has 0 aliphatic carbocycles. The maximum Gasteiger partial charge on any atom is 0.306 e. The van der Waals surface area contributed by atoms with E-state index in [1.54, 1.807) is 6.92 Å². The lowest BCUT2D eigenvalue weighted by atomic mass is 10.1. The van der Waals surface area contributed by atoms with Gasteiger partial charge in [-0.15, -0.1) is 0 Å². The summed E-state index contributed by atoms with van der Waals surface area (Å²) in [5.41, 5.74) is -0.496. The molecule has 1 amide bonds. The van der Waals surface area contributed by atoms with Gasteiger partial charge < -0.3 is 14.9 Å². The normalized spacial score (nSPS) is 12.1. The van der Waals surface area contributed by atoms with Gasteiger partial charge in [0, 0.05) is 6.54 Å². The average molecular weight is 228 g/mol. The van der Waals surface area contributed by atoms with Crippen LogP contribution in [0.5, 0.6) is 0 Å². The molecule has 0 fully saturated rings. The van der Waals surface area contributed by atoms with Crippen LogP contribution in [0.15, 0.2) is 15.4 Å². The number of aromatic nitrogens is 1. The van der Waals surface area contributed by atoms with E-state index in [1.807, 2.05) is 5.16 Å². The van der Waals surface area contributed by atoms with E-state index in [0.29, 0.717) is 6.42 Å². The zero-order valence-corrected chi connectivity index (χ0v) is 8.65. The highest BCUT2D eigenvalue weighted by atomic mass is 16.5. The molecule has 0 aromatic carbocycles. The summed E-state index contributed by atoms with van der Waals surface area (Å²) in [7, 11) is 0. The summed E-state index contributed by atoms with van der Waals surface area (Å²) in [6.45, 7) is 1.76. The first-order valence-electron chi connectivity index (χ1n) is 4.70. The van der Waals surface area contributed by atoms with Crippen molar-refractivity contribution >= 4 is 11.9 Å². The Morgan fingerprint density at radius 1 is 1.62 bits per heavy atom. The first kappa shape index (κ1) is 12.0. The van der Waals surface area contributed by atoms with Gasteiger partial charge in [-0.3, -0.25) is 14.4 Å². The summed E-state index contributed by atoms with van der Waals surface area (Å²) < 4.78 is 4.57. The number of H-pyrrole nitrogens is 1. The van der Waals surface area contributed by atoms with Crippen LogP contribution in [0.3, 0.4) is 0 Å². The molecule has 1 atom stereocenters. The minimum atomic E-state index is -0.914. The van der Waals surface area contributed by atoms with Crippen molar-refractivity contribution < 1.29 is 19.2 Å². The SMILES string of the molecule is C[C@@H](CCNC(=O)c1cc(=O)[nH]o1)C(=O)O. The highest BCUT2D eigenvalue weighted by Gasteiger charge is 2.13. The van der Waals surface area contributed by atoms with E-state index in [2.05, 4.69) is 9.84 Å². The molecule has 16 heavy (non-hydrogen) atoms. The van der Waals surface area contributed by atoms with Crippen LogP contribution in [0.25, 0.3) is 0 Å². The smallest absolute Gasteiger partial charge is 0.306 e. The molecule has 1 rings (SSSR count). The minimum absolute atomic E-state index is 0.118. The maximum absolute atomic E-state index is 11.3. The molecule has 0 bridgehead atoms. The average Bonchev–Trinajstić information content (AvgIpc) is 2.64. The van der Waals surface area contributed by atoms with E-state index < -0.39 is 23.4 Å². The van der Waals surface area contributed by atoms with Crippen LogP contribution in [0.4, 0.5) is 0 Å². The second-order valence-corrected chi connectivity index (χ2v) is 3.36. The van der Waals surface area contributed by atoms with Gasteiger partial charge >= 0.3 is 5.97 Å². The number of aromatic amines is 1. The van der Waals surface area contributed by atoms with Crippen LogP contribution in [-0.4, -0.2) is 28.7 Å². The Bertz CT molecular complexity index is 433. The van der Waals surface area contributed by atoms with Crippen LogP contribution >= 0.6 is 0 Å². The molecule has 0 radical (unpaired) electrons. The summed E-state index contributed by atoms with van der Waals surface area (Å²) >= 11 is 0. The van der Waals surface area contributed by atoms with Crippen molar-refractivity contribution in [2.24, 2.45) is 5.92 Å². The monoisotopic (exact) mass is 228 g/mol. The van der Waals surface area contributed by atoms with Crippen molar-refractivity contribution in [3.63, 3.8) is 0 Å². The molecule has 0 unspecified atom stereocenters. The van der Waals surface area contributed by atoms with Gasteiger partial charge in [0.05, 0.1) is 12.0 Å². The maximum atomic E-state index is 11.3. The number of carbonyl (C=O) groups is 2. The fourth-order valence-electron chi connectivity index (χ4n) is 1.01. The van der Waals surface area contributed by atoms with Crippen LogP contribution < -0.4 is 10.9 Å². The summed E-state index contributed by atoms with van der Waals surface area (Å²) in [5.74, 6) is -2.11. The third-order valence-electron chi connectivity index (χ3n) is 2.03. The molecule has 7 heteroatoms. The number of rotatable bonds is 5. The summed E-state index contributed by atoms with van der Waals surface area (Å²) in [5, 5.41) is 13.0. The van der Waals surface area contributed by atoms with E-state index in [4.69, 9.17) is 5.11 Å². The predicted molar refractivity (Wildman–Crippen MR) is 53.1 cm³/mol. The Morgan fingerprint density at radius 2 is 2.31 bits per heavy atom. The van der Waals surface area contributed by atoms with Crippen LogP contribution in [0, 0.1) is 5.92 Å². The Hall–Kier alpha value is -2.05. The fraction of sp³-hybridized carbons (Fsp3) is 0.444. The summed E-state index contributed by atoms with van der Waals surface area (Å²) in [6.07, 6.45) is 0.315. The van der Waals surface area contributed by atoms with Crippen molar-refractivity contribution in [2.45, 2.75) is 13.3 Å². The molecule has 3 N–H and O–H groups in total. The first-order chi connectivity index (χ1) is 7.50. The number of nitrogens with one attached hydrogen (secondary N) is 2. The number of hydrogen-bond donors (Lipinski definition) is 3. The van der Waals surface area contributed by atoms with E-state index in [-0.39, 0.29) is 12.3 Å². The third-order valence-corrected chi connectivity index (χ3v) is 2.03. The Balaban J connectivity index is 2.36. The molecule has 0 aliphatic rings. The van der Waals surface area contributed by atoms with Crippen molar-refractivity contribution in [1.82, 2.24) is 10.5 Å². The minimum Gasteiger partial charge on any atom is -0.481 e. The largest absolute Gasteiger partial charge is 0.481 e. The number of hydrogen-bond acceptors (Lipinski definition) is 4. The van der Waals surface area contributed by atoms with Gasteiger partial charge in [0.1, 0.15) is 0 Å². The molecular weight excluding hydrogens is 216 g/mol. The molecule has 0 saturated heterocycles. The van der Waals surface area contributed by atoms with E-state index in [0.717, 1.165) is 6.07 Å². The number of carbonyl (C=O) groups excluding carboxylic acids is 1. The summed E-state index contributed by atoms with van der Waals surface area (Å²) in [6, 6.07) is 1.02. The number of carboxylic acid groups (broad SMARTS) is 1. The Kier molecular flexibility index (Phi) is 3.87.